The average molecular weight is 140 g/mol. The van der Waals surface area contributed by atoms with Crippen LogP contribution in [0.25, 0.3) is 0 Å². The molecule has 0 saturated carbocycles. The Morgan fingerprint density at radius 1 is 1.80 bits per heavy atom. The Labute approximate surface area is 58.5 Å². The predicted molar refractivity (Wildman–Crippen MR) is 36.8 cm³/mol. The van der Waals surface area contributed by atoms with E-state index in [1.165, 1.54) is 0 Å². The molecule has 0 aliphatic carbocycles. The topological polar surface area (TPSA) is 52.9 Å². The molecule has 1 aliphatic heterocycles. The summed E-state index contributed by atoms with van der Waals surface area (Å²) in [4.78, 5) is 15.6. The van der Waals surface area contributed by atoms with E-state index in [4.69, 9.17) is 5.11 Å². The van der Waals surface area contributed by atoms with Crippen LogP contribution >= 0.6 is 0 Å². The summed E-state index contributed by atoms with van der Waals surface area (Å²) in [7, 11) is 0. The third kappa shape index (κ3) is 1.89. The van der Waals surface area contributed by atoms with Crippen LogP contribution in [0, 0.1) is 0 Å². The lowest BCUT2D eigenvalue weighted by Gasteiger charge is -2.16. The first-order chi connectivity index (χ1) is 4.79. The normalized spacial score (nSPS) is 15.8. The lowest BCUT2D eigenvalue weighted by molar-refractivity contribution is -0.137. The van der Waals surface area contributed by atoms with Gasteiger partial charge >= 0.3 is 5.97 Å². The fraction of sp³-hybridized carbons (Fsp3) is 0.333. The van der Waals surface area contributed by atoms with Crippen LogP contribution in [0.5, 0.6) is 0 Å². The zero-order chi connectivity index (χ0) is 7.40. The van der Waals surface area contributed by atoms with Gasteiger partial charge in [-0.2, -0.15) is 0 Å². The van der Waals surface area contributed by atoms with Gasteiger partial charge in [0.2, 0.25) is 0 Å². The number of carboxylic acids is 1. The van der Waals surface area contributed by atoms with Gasteiger partial charge in [0.1, 0.15) is 13.2 Å². The Kier molecular flexibility index (Phi) is 2.04. The van der Waals surface area contributed by atoms with Crippen molar-refractivity contribution in [3.8, 4) is 0 Å². The molecule has 0 atom stereocenters. The Hall–Kier alpha value is -1.32. The highest BCUT2D eigenvalue weighted by Crippen LogP contribution is 1.93. The van der Waals surface area contributed by atoms with Crippen molar-refractivity contribution in [2.45, 2.75) is 0 Å². The number of carbonyl (C=O) groups is 1. The SMILES string of the molecule is O=C(O)CN1C=CC=NC1. The van der Waals surface area contributed by atoms with Gasteiger partial charge in [0, 0.05) is 12.4 Å². The highest BCUT2D eigenvalue weighted by molar-refractivity contribution is 5.73. The van der Waals surface area contributed by atoms with Gasteiger partial charge in [0.25, 0.3) is 0 Å². The van der Waals surface area contributed by atoms with Crippen LogP contribution in [0.4, 0.5) is 0 Å². The first kappa shape index (κ1) is 6.80. The molecule has 10 heavy (non-hydrogen) atoms. The predicted octanol–water partition coefficient (Wildman–Crippen LogP) is -0.0714. The number of aliphatic carboxylic acids is 1. The highest BCUT2D eigenvalue weighted by atomic mass is 16.4. The molecule has 0 aromatic rings. The van der Waals surface area contributed by atoms with Crippen molar-refractivity contribution in [2.75, 3.05) is 13.2 Å². The second-order valence-electron chi connectivity index (χ2n) is 1.96. The van der Waals surface area contributed by atoms with Crippen LogP contribution in [-0.4, -0.2) is 35.4 Å². The van der Waals surface area contributed by atoms with Crippen molar-refractivity contribution in [1.82, 2.24) is 4.90 Å². The molecule has 54 valence electrons. The van der Waals surface area contributed by atoms with Gasteiger partial charge in [-0.1, -0.05) is 0 Å². The van der Waals surface area contributed by atoms with Crippen LogP contribution in [0.3, 0.4) is 0 Å². The largest absolute Gasteiger partial charge is 0.480 e. The van der Waals surface area contributed by atoms with E-state index in [2.05, 4.69) is 4.99 Å². The first-order valence-corrected chi connectivity index (χ1v) is 2.91. The minimum absolute atomic E-state index is 0.0217. The van der Waals surface area contributed by atoms with Crippen molar-refractivity contribution in [3.05, 3.63) is 12.3 Å². The van der Waals surface area contributed by atoms with Crippen LogP contribution in [0.15, 0.2) is 17.3 Å². The third-order valence-corrected chi connectivity index (χ3v) is 1.09. The van der Waals surface area contributed by atoms with E-state index in [1.807, 2.05) is 0 Å². The molecule has 0 aromatic carbocycles. The van der Waals surface area contributed by atoms with E-state index in [1.54, 1.807) is 23.4 Å². The van der Waals surface area contributed by atoms with Crippen LogP contribution in [0.2, 0.25) is 0 Å². The molecule has 0 radical (unpaired) electrons. The second-order valence-corrected chi connectivity index (χ2v) is 1.96. The molecule has 0 spiro atoms. The molecular formula is C6H8N2O2. The van der Waals surface area contributed by atoms with E-state index >= 15 is 0 Å². The lowest BCUT2D eigenvalue weighted by atomic mass is 10.5. The number of allylic oxidation sites excluding steroid dienone is 1. The first-order valence-electron chi connectivity index (χ1n) is 2.91. The molecule has 4 heteroatoms. The summed E-state index contributed by atoms with van der Waals surface area (Å²) in [6, 6.07) is 0. The Balaban J connectivity index is 2.37. The van der Waals surface area contributed by atoms with Gasteiger partial charge in [-0.25, -0.2) is 0 Å². The molecule has 0 fully saturated rings. The van der Waals surface area contributed by atoms with Crippen molar-refractivity contribution in [1.29, 1.82) is 0 Å². The van der Waals surface area contributed by atoms with Crippen LogP contribution in [0.1, 0.15) is 0 Å². The number of hydrogen-bond acceptors (Lipinski definition) is 3. The van der Waals surface area contributed by atoms with Crippen LogP contribution in [-0.2, 0) is 4.79 Å². The summed E-state index contributed by atoms with van der Waals surface area (Å²) < 4.78 is 0. The van der Waals surface area contributed by atoms with Crippen molar-refractivity contribution < 1.29 is 9.90 Å². The highest BCUT2D eigenvalue weighted by Gasteiger charge is 2.03. The molecule has 0 saturated heterocycles. The molecule has 1 aliphatic rings. The van der Waals surface area contributed by atoms with Gasteiger partial charge in [-0.15, -0.1) is 0 Å². The van der Waals surface area contributed by atoms with Crippen molar-refractivity contribution in [2.24, 2.45) is 4.99 Å². The zero-order valence-corrected chi connectivity index (χ0v) is 5.40. The number of carboxylic acid groups (broad SMARTS) is 1. The molecular weight excluding hydrogens is 132 g/mol. The van der Waals surface area contributed by atoms with Crippen LogP contribution < -0.4 is 0 Å². The van der Waals surface area contributed by atoms with E-state index in [9.17, 15) is 4.79 Å². The zero-order valence-electron chi connectivity index (χ0n) is 5.40. The van der Waals surface area contributed by atoms with Gasteiger partial charge in [0.05, 0.1) is 0 Å². The quantitative estimate of drug-likeness (QED) is 0.584. The average Bonchev–Trinajstić information content (AvgIpc) is 1.88. The standard InChI is InChI=1S/C6H8N2O2/c9-6(10)4-8-3-1-2-7-5-8/h1-3H,4-5H2,(H,9,10). The lowest BCUT2D eigenvalue weighted by Crippen LogP contribution is -2.26. The second kappa shape index (κ2) is 3.00. The Morgan fingerprint density at radius 2 is 2.60 bits per heavy atom. The molecule has 1 N–H and O–H groups in total. The number of rotatable bonds is 2. The Morgan fingerprint density at radius 3 is 3.10 bits per heavy atom. The van der Waals surface area contributed by atoms with E-state index < -0.39 is 5.97 Å². The molecule has 4 nitrogen and oxygen atoms in total. The van der Waals surface area contributed by atoms with Crippen molar-refractivity contribution in [3.63, 3.8) is 0 Å². The summed E-state index contributed by atoms with van der Waals surface area (Å²) >= 11 is 0. The summed E-state index contributed by atoms with van der Waals surface area (Å²) in [5.41, 5.74) is 0. The maximum atomic E-state index is 10.1. The number of hydrogen-bond donors (Lipinski definition) is 1. The van der Waals surface area contributed by atoms with Gasteiger partial charge < -0.3 is 10.0 Å². The molecule has 0 amide bonds. The summed E-state index contributed by atoms with van der Waals surface area (Å²) in [6.45, 7) is 0.469. The number of nitrogens with zero attached hydrogens (tertiary/aromatic N) is 2. The molecule has 0 bridgehead atoms. The molecule has 1 heterocycles. The van der Waals surface area contributed by atoms with E-state index in [-0.39, 0.29) is 6.54 Å². The summed E-state index contributed by atoms with van der Waals surface area (Å²) in [6.07, 6.45) is 5.08. The van der Waals surface area contributed by atoms with Crippen molar-refractivity contribution >= 4 is 12.2 Å². The maximum absolute atomic E-state index is 10.1. The van der Waals surface area contributed by atoms with Gasteiger partial charge in [-0.3, -0.25) is 9.79 Å². The molecule has 0 unspecified atom stereocenters. The third-order valence-electron chi connectivity index (χ3n) is 1.09. The number of aliphatic imine (C=N–C) groups is 1. The summed E-state index contributed by atoms with van der Waals surface area (Å²) in [5, 5.41) is 8.34. The van der Waals surface area contributed by atoms with E-state index in [0.29, 0.717) is 6.67 Å². The minimum atomic E-state index is -0.832. The Bertz CT molecular complexity index is 186. The van der Waals surface area contributed by atoms with Gasteiger partial charge in [0.15, 0.2) is 0 Å². The summed E-state index contributed by atoms with van der Waals surface area (Å²) in [5.74, 6) is -0.832. The fourth-order valence-corrected chi connectivity index (χ4v) is 0.697. The monoisotopic (exact) mass is 140 g/mol. The molecule has 0 aromatic heterocycles. The fourth-order valence-electron chi connectivity index (χ4n) is 0.697. The van der Waals surface area contributed by atoms with E-state index in [0.717, 1.165) is 0 Å². The minimum Gasteiger partial charge on any atom is -0.480 e. The maximum Gasteiger partial charge on any atom is 0.323 e. The molecule has 1 rings (SSSR count). The smallest absolute Gasteiger partial charge is 0.323 e. The van der Waals surface area contributed by atoms with Gasteiger partial charge in [-0.05, 0) is 6.08 Å².